The number of esters is 1. The quantitative estimate of drug-likeness (QED) is 0.338. The highest BCUT2D eigenvalue weighted by molar-refractivity contribution is 7.89. The molecule has 0 fully saturated rings. The number of benzene rings is 1. The van der Waals surface area contributed by atoms with Crippen LogP contribution in [0.3, 0.4) is 0 Å². The highest BCUT2D eigenvalue weighted by atomic mass is 32.2. The summed E-state index contributed by atoms with van der Waals surface area (Å²) >= 11 is 0. The second-order valence-electron chi connectivity index (χ2n) is 9.51. The average molecular weight is 476 g/mol. The number of pyridine rings is 1. The molecule has 1 aromatic carbocycles. The van der Waals surface area contributed by atoms with Crippen LogP contribution in [-0.4, -0.2) is 40.7 Å². The lowest BCUT2D eigenvalue weighted by Gasteiger charge is -2.34. The number of ether oxygens (including phenoxy) is 1. The summed E-state index contributed by atoms with van der Waals surface area (Å²) in [6, 6.07) is 6.04. The van der Waals surface area contributed by atoms with Crippen LogP contribution in [0.2, 0.25) is 0 Å². The molecule has 0 atom stereocenters. The first-order valence-corrected chi connectivity index (χ1v) is 11.8. The summed E-state index contributed by atoms with van der Waals surface area (Å²) in [5, 5.41) is 0. The molecule has 10 nitrogen and oxygen atoms in total. The van der Waals surface area contributed by atoms with Crippen LogP contribution in [0.4, 0.5) is 11.4 Å². The standard InChI is InChI=1S/C22H29N5O5S/c1-21(2,3)32-17(28)11-22(4,5)27-12-13-10-14(6-7-16(13)33(27,30)31)26-19(24)18-15(23)8-9-25-20(18)29/h6-10H,11-12H2,1-5H3,(H2,24,26)(H3,23,25,29). The molecule has 11 heteroatoms. The number of nitrogens with one attached hydrogen (secondary N) is 1. The molecule has 0 amide bonds. The number of nitrogens with two attached hydrogens (primary N) is 2. The normalized spacial score (nSPS) is 16.5. The van der Waals surface area contributed by atoms with Gasteiger partial charge in [-0.3, -0.25) is 9.59 Å². The Labute approximate surface area is 192 Å². The number of sulfonamides is 1. The van der Waals surface area contributed by atoms with Gasteiger partial charge in [0.1, 0.15) is 17.0 Å². The molecule has 0 bridgehead atoms. The number of aromatic amines is 1. The topological polar surface area (TPSA) is 161 Å². The average Bonchev–Trinajstić information content (AvgIpc) is 2.90. The number of hydrogen-bond donors (Lipinski definition) is 3. The minimum absolute atomic E-state index is 0.0470. The molecular weight excluding hydrogens is 446 g/mol. The van der Waals surface area contributed by atoms with Crippen LogP contribution in [0.1, 0.15) is 52.2 Å². The Morgan fingerprint density at radius 2 is 1.88 bits per heavy atom. The smallest absolute Gasteiger partial charge is 0.308 e. The fraction of sp³-hybridized carbons (Fsp3) is 0.409. The van der Waals surface area contributed by atoms with Crippen LogP contribution in [0.5, 0.6) is 0 Å². The minimum Gasteiger partial charge on any atom is -0.460 e. The van der Waals surface area contributed by atoms with Crippen LogP contribution in [-0.2, 0) is 26.1 Å². The fourth-order valence-corrected chi connectivity index (χ4v) is 5.64. The van der Waals surface area contributed by atoms with Gasteiger partial charge in [0, 0.05) is 24.0 Å². The Hall–Kier alpha value is -3.18. The van der Waals surface area contributed by atoms with Crippen molar-refractivity contribution in [1.82, 2.24) is 9.29 Å². The fourth-order valence-electron chi connectivity index (χ4n) is 3.68. The SMILES string of the molecule is CC(C)(C)OC(=O)CC(C)(C)N1Cc2cc(N=C(N)c3c(N)cc[nH]c3=O)ccc2S1(=O)=O. The summed E-state index contributed by atoms with van der Waals surface area (Å²) in [7, 11) is -3.83. The summed E-state index contributed by atoms with van der Waals surface area (Å²) in [5.74, 6) is -0.570. The van der Waals surface area contributed by atoms with Crippen molar-refractivity contribution in [3.8, 4) is 0 Å². The summed E-state index contributed by atoms with van der Waals surface area (Å²) in [6.45, 7) is 8.69. The van der Waals surface area contributed by atoms with E-state index in [2.05, 4.69) is 9.98 Å². The van der Waals surface area contributed by atoms with Gasteiger partial charge in [0.2, 0.25) is 10.0 Å². The molecular formula is C22H29N5O5S. The molecule has 0 saturated carbocycles. The maximum atomic E-state index is 13.2. The summed E-state index contributed by atoms with van der Waals surface area (Å²) in [6.07, 6.45) is 1.30. The van der Waals surface area contributed by atoms with Crippen molar-refractivity contribution in [2.24, 2.45) is 10.7 Å². The molecule has 1 aliphatic rings. The molecule has 0 aliphatic carbocycles. The van der Waals surface area contributed by atoms with Gasteiger partial charge in [-0.05, 0) is 64.4 Å². The zero-order valence-electron chi connectivity index (χ0n) is 19.3. The third-order valence-corrected chi connectivity index (χ3v) is 7.25. The van der Waals surface area contributed by atoms with E-state index in [0.717, 1.165) is 0 Å². The van der Waals surface area contributed by atoms with Crippen LogP contribution in [0.15, 0.2) is 45.1 Å². The number of fused-ring (bicyclic) bond motifs is 1. The number of nitrogens with zero attached hydrogens (tertiary/aromatic N) is 2. The first kappa shape index (κ1) is 24.5. The van der Waals surface area contributed by atoms with Gasteiger partial charge in [-0.1, -0.05) is 0 Å². The number of rotatable bonds is 5. The van der Waals surface area contributed by atoms with Gasteiger partial charge in [-0.15, -0.1) is 0 Å². The number of amidine groups is 1. The van der Waals surface area contributed by atoms with Crippen molar-refractivity contribution >= 4 is 33.2 Å². The minimum atomic E-state index is -3.83. The molecule has 2 heterocycles. The summed E-state index contributed by atoms with van der Waals surface area (Å²) in [5.41, 5.74) is 10.8. The second-order valence-corrected chi connectivity index (χ2v) is 11.3. The largest absolute Gasteiger partial charge is 0.460 e. The van der Waals surface area contributed by atoms with Crippen molar-refractivity contribution < 1.29 is 17.9 Å². The maximum Gasteiger partial charge on any atom is 0.308 e. The van der Waals surface area contributed by atoms with Crippen LogP contribution >= 0.6 is 0 Å². The van der Waals surface area contributed by atoms with Gasteiger partial charge < -0.3 is 21.2 Å². The molecule has 5 N–H and O–H groups in total. The van der Waals surface area contributed by atoms with E-state index in [1.165, 1.54) is 28.7 Å². The molecule has 0 spiro atoms. The van der Waals surface area contributed by atoms with Crippen LogP contribution < -0.4 is 17.0 Å². The predicted octanol–water partition coefficient (Wildman–Crippen LogP) is 2.01. The molecule has 0 radical (unpaired) electrons. The highest BCUT2D eigenvalue weighted by Crippen LogP contribution is 2.39. The second kappa shape index (κ2) is 8.31. The Kier molecular flexibility index (Phi) is 6.16. The van der Waals surface area contributed by atoms with Crippen LogP contribution in [0, 0.1) is 0 Å². The number of anilines is 1. The number of aromatic nitrogens is 1. The van der Waals surface area contributed by atoms with E-state index in [9.17, 15) is 18.0 Å². The maximum absolute atomic E-state index is 13.2. The Balaban J connectivity index is 1.91. The van der Waals surface area contributed by atoms with Crippen molar-refractivity contribution in [3.05, 3.63) is 51.9 Å². The van der Waals surface area contributed by atoms with Crippen molar-refractivity contribution in [2.45, 2.75) is 63.6 Å². The van der Waals surface area contributed by atoms with E-state index in [-0.39, 0.29) is 34.9 Å². The first-order chi connectivity index (χ1) is 15.1. The monoisotopic (exact) mass is 475 g/mol. The van der Waals surface area contributed by atoms with Crippen molar-refractivity contribution in [2.75, 3.05) is 5.73 Å². The van der Waals surface area contributed by atoms with E-state index < -0.39 is 32.7 Å². The molecule has 2 aromatic rings. The van der Waals surface area contributed by atoms with Gasteiger partial charge in [-0.2, -0.15) is 4.31 Å². The Morgan fingerprint density at radius 3 is 2.48 bits per heavy atom. The van der Waals surface area contributed by atoms with E-state index in [4.69, 9.17) is 16.2 Å². The molecule has 1 aromatic heterocycles. The van der Waals surface area contributed by atoms with Gasteiger partial charge in [0.25, 0.3) is 5.56 Å². The predicted molar refractivity (Wildman–Crippen MR) is 126 cm³/mol. The summed E-state index contributed by atoms with van der Waals surface area (Å²) in [4.78, 5) is 31.3. The number of carbonyl (C=O) groups is 1. The van der Waals surface area contributed by atoms with E-state index >= 15 is 0 Å². The lowest BCUT2D eigenvalue weighted by molar-refractivity contribution is -0.157. The third kappa shape index (κ3) is 5.09. The Morgan fingerprint density at radius 1 is 1.21 bits per heavy atom. The number of nitrogen functional groups attached to an aromatic ring is 1. The highest BCUT2D eigenvalue weighted by Gasteiger charge is 2.45. The molecule has 178 valence electrons. The van der Waals surface area contributed by atoms with Gasteiger partial charge in [0.15, 0.2) is 0 Å². The number of carbonyl (C=O) groups excluding carboxylic acids is 1. The summed E-state index contributed by atoms with van der Waals surface area (Å²) < 4.78 is 33.0. The van der Waals surface area contributed by atoms with Crippen molar-refractivity contribution in [3.63, 3.8) is 0 Å². The number of aliphatic imine (C=N–C) groups is 1. The van der Waals surface area contributed by atoms with Crippen molar-refractivity contribution in [1.29, 1.82) is 0 Å². The van der Waals surface area contributed by atoms with Gasteiger partial charge >= 0.3 is 5.97 Å². The van der Waals surface area contributed by atoms with E-state index in [1.54, 1.807) is 40.7 Å². The lowest BCUT2D eigenvalue weighted by atomic mass is 10.00. The molecule has 33 heavy (non-hydrogen) atoms. The lowest BCUT2D eigenvalue weighted by Crippen LogP contribution is -2.46. The molecule has 1 aliphatic heterocycles. The number of H-pyrrole nitrogens is 1. The van der Waals surface area contributed by atoms with Crippen LogP contribution in [0.25, 0.3) is 0 Å². The van der Waals surface area contributed by atoms with E-state index in [0.29, 0.717) is 11.3 Å². The zero-order valence-corrected chi connectivity index (χ0v) is 20.1. The molecule has 0 saturated heterocycles. The van der Waals surface area contributed by atoms with Gasteiger partial charge in [0.05, 0.1) is 17.0 Å². The Bertz CT molecular complexity index is 1290. The first-order valence-electron chi connectivity index (χ1n) is 10.3. The molecule has 3 rings (SSSR count). The number of hydrogen-bond acceptors (Lipinski definition) is 7. The van der Waals surface area contributed by atoms with E-state index in [1.807, 2.05) is 0 Å². The zero-order chi connectivity index (χ0) is 24.8. The molecule has 0 unspecified atom stereocenters. The third-order valence-electron chi connectivity index (χ3n) is 5.10. The van der Waals surface area contributed by atoms with Gasteiger partial charge in [-0.25, -0.2) is 13.4 Å².